The number of hydrogen-bond acceptors (Lipinski definition) is 4. The molecule has 0 aliphatic rings. The Hall–Kier alpha value is -2.80. The molecule has 0 atom stereocenters. The van der Waals surface area contributed by atoms with Crippen LogP contribution < -0.4 is 0 Å². The van der Waals surface area contributed by atoms with Crippen LogP contribution in [0, 0.1) is 17.8 Å². The molecule has 0 unspecified atom stereocenters. The summed E-state index contributed by atoms with van der Waals surface area (Å²) in [6, 6.07) is 13.7. The van der Waals surface area contributed by atoms with Crippen LogP contribution in [-0.2, 0) is 25.5 Å². The van der Waals surface area contributed by atoms with Crippen molar-refractivity contribution in [2.24, 2.45) is 5.41 Å². The molecule has 0 aromatic heterocycles. The summed E-state index contributed by atoms with van der Waals surface area (Å²) in [5.41, 5.74) is -0.696. The van der Waals surface area contributed by atoms with Gasteiger partial charge in [-0.1, -0.05) is 42.5 Å². The fourth-order valence-corrected chi connectivity index (χ4v) is 2.84. The Morgan fingerprint density at radius 1 is 1.00 bits per heavy atom. The molecular weight excluding hydrogens is 316 g/mol. The first-order chi connectivity index (χ1) is 12.1. The van der Waals surface area contributed by atoms with Gasteiger partial charge in [0.25, 0.3) is 0 Å². The zero-order valence-electron chi connectivity index (χ0n) is 14.6. The Balaban J connectivity index is 2.46. The molecule has 0 saturated carbocycles. The second-order valence-electron chi connectivity index (χ2n) is 5.76. The summed E-state index contributed by atoms with van der Waals surface area (Å²) in [5, 5.41) is 2.11. The van der Waals surface area contributed by atoms with E-state index in [1.165, 1.54) is 0 Å². The van der Waals surface area contributed by atoms with E-state index in [1.54, 1.807) is 13.8 Å². The molecule has 0 fully saturated rings. The van der Waals surface area contributed by atoms with Crippen molar-refractivity contribution in [3.63, 3.8) is 0 Å². The zero-order valence-corrected chi connectivity index (χ0v) is 14.6. The summed E-state index contributed by atoms with van der Waals surface area (Å²) in [7, 11) is 0. The van der Waals surface area contributed by atoms with Gasteiger partial charge in [-0.3, -0.25) is 9.59 Å². The normalized spacial score (nSPS) is 10.9. The second-order valence-corrected chi connectivity index (χ2v) is 5.76. The molecule has 0 amide bonds. The van der Waals surface area contributed by atoms with Gasteiger partial charge in [-0.05, 0) is 30.2 Å². The van der Waals surface area contributed by atoms with Gasteiger partial charge < -0.3 is 9.47 Å². The minimum atomic E-state index is -1.52. The summed E-state index contributed by atoms with van der Waals surface area (Å²) in [4.78, 5) is 25.2. The third-order valence-electron chi connectivity index (χ3n) is 4.06. The predicted molar refractivity (Wildman–Crippen MR) is 96.8 cm³/mol. The van der Waals surface area contributed by atoms with Gasteiger partial charge >= 0.3 is 11.9 Å². The van der Waals surface area contributed by atoms with Gasteiger partial charge in [0.2, 0.25) is 0 Å². The lowest BCUT2D eigenvalue weighted by atomic mass is 9.78. The average Bonchev–Trinajstić information content (AvgIpc) is 2.61. The Morgan fingerprint density at radius 2 is 1.60 bits per heavy atom. The summed E-state index contributed by atoms with van der Waals surface area (Å²) in [5.74, 6) is 1.16. The highest BCUT2D eigenvalue weighted by atomic mass is 16.6. The van der Waals surface area contributed by atoms with E-state index in [9.17, 15) is 9.59 Å². The first-order valence-electron chi connectivity index (χ1n) is 8.33. The van der Waals surface area contributed by atoms with E-state index < -0.39 is 17.4 Å². The van der Waals surface area contributed by atoms with Crippen LogP contribution in [0.3, 0.4) is 0 Å². The number of benzene rings is 2. The number of terminal acetylenes is 1. The van der Waals surface area contributed by atoms with Crippen molar-refractivity contribution >= 4 is 22.7 Å². The van der Waals surface area contributed by atoms with Gasteiger partial charge in [-0.25, -0.2) is 0 Å². The van der Waals surface area contributed by atoms with Gasteiger partial charge in [0.05, 0.1) is 13.2 Å². The van der Waals surface area contributed by atoms with E-state index in [0.717, 1.165) is 16.3 Å². The topological polar surface area (TPSA) is 52.6 Å². The summed E-state index contributed by atoms with van der Waals surface area (Å²) < 4.78 is 10.3. The molecule has 2 aromatic carbocycles. The molecular formula is C21H22O4. The molecule has 0 N–H and O–H groups in total. The predicted octanol–water partition coefficient (Wildman–Crippen LogP) is 3.52. The first kappa shape index (κ1) is 18.5. The van der Waals surface area contributed by atoms with Crippen LogP contribution in [0.25, 0.3) is 10.8 Å². The third kappa shape index (κ3) is 4.00. The minimum Gasteiger partial charge on any atom is -0.465 e. The molecule has 130 valence electrons. The molecule has 4 heteroatoms. The molecule has 0 heterocycles. The highest BCUT2D eigenvalue weighted by Crippen LogP contribution is 2.32. The SMILES string of the molecule is C#CCC(Cc1ccc2ccccc2c1)(C(=O)OCC)C(=O)OCC. The van der Waals surface area contributed by atoms with Crippen LogP contribution in [0.1, 0.15) is 25.8 Å². The molecule has 0 radical (unpaired) electrons. The van der Waals surface area contributed by atoms with Crippen molar-refractivity contribution in [1.82, 2.24) is 0 Å². The number of fused-ring (bicyclic) bond motifs is 1. The Kier molecular flexibility index (Phi) is 6.19. The lowest BCUT2D eigenvalue weighted by molar-refractivity contribution is -0.171. The van der Waals surface area contributed by atoms with Crippen molar-refractivity contribution in [1.29, 1.82) is 0 Å². The number of carbonyl (C=O) groups is 2. The zero-order chi connectivity index (χ0) is 18.3. The number of esters is 2. The molecule has 25 heavy (non-hydrogen) atoms. The molecule has 2 rings (SSSR count). The summed E-state index contributed by atoms with van der Waals surface area (Å²) >= 11 is 0. The van der Waals surface area contributed by atoms with E-state index >= 15 is 0 Å². The fraction of sp³-hybridized carbons (Fsp3) is 0.333. The first-order valence-corrected chi connectivity index (χ1v) is 8.33. The van der Waals surface area contributed by atoms with E-state index in [2.05, 4.69) is 5.92 Å². The van der Waals surface area contributed by atoms with E-state index in [0.29, 0.717) is 0 Å². The van der Waals surface area contributed by atoms with Crippen LogP contribution >= 0.6 is 0 Å². The van der Waals surface area contributed by atoms with Crippen molar-refractivity contribution < 1.29 is 19.1 Å². The number of rotatable bonds is 7. The van der Waals surface area contributed by atoms with Crippen molar-refractivity contribution in [3.05, 3.63) is 48.0 Å². The van der Waals surface area contributed by atoms with E-state index in [-0.39, 0.29) is 26.1 Å². The average molecular weight is 338 g/mol. The van der Waals surface area contributed by atoms with Gasteiger partial charge in [0, 0.05) is 12.8 Å². The maximum absolute atomic E-state index is 12.6. The minimum absolute atomic E-state index is 0.0719. The second kappa shape index (κ2) is 8.34. The molecule has 2 aromatic rings. The van der Waals surface area contributed by atoms with Crippen molar-refractivity contribution in [3.8, 4) is 12.3 Å². The van der Waals surface area contributed by atoms with Gasteiger partial charge in [0.1, 0.15) is 0 Å². The van der Waals surface area contributed by atoms with Crippen LogP contribution in [-0.4, -0.2) is 25.2 Å². The summed E-state index contributed by atoms with van der Waals surface area (Å²) in [6.45, 7) is 3.73. The quantitative estimate of drug-likeness (QED) is 0.440. The van der Waals surface area contributed by atoms with Crippen LogP contribution in [0.2, 0.25) is 0 Å². The van der Waals surface area contributed by atoms with Crippen LogP contribution in [0.5, 0.6) is 0 Å². The highest BCUT2D eigenvalue weighted by molar-refractivity contribution is 6.01. The molecule has 0 aliphatic heterocycles. The van der Waals surface area contributed by atoms with Gasteiger partial charge in [0.15, 0.2) is 5.41 Å². The molecule has 4 nitrogen and oxygen atoms in total. The summed E-state index contributed by atoms with van der Waals surface area (Å²) in [6.07, 6.45) is 5.53. The Bertz CT molecular complexity index is 783. The van der Waals surface area contributed by atoms with E-state index in [1.807, 2.05) is 42.5 Å². The number of carbonyl (C=O) groups excluding carboxylic acids is 2. The van der Waals surface area contributed by atoms with Crippen LogP contribution in [0.4, 0.5) is 0 Å². The lowest BCUT2D eigenvalue weighted by Gasteiger charge is -2.27. The fourth-order valence-electron chi connectivity index (χ4n) is 2.84. The molecule has 0 saturated heterocycles. The number of hydrogen-bond donors (Lipinski definition) is 0. The smallest absolute Gasteiger partial charge is 0.324 e. The third-order valence-corrected chi connectivity index (χ3v) is 4.06. The van der Waals surface area contributed by atoms with Gasteiger partial charge in [-0.2, -0.15) is 0 Å². The molecule has 0 spiro atoms. The highest BCUT2D eigenvalue weighted by Gasteiger charge is 2.48. The largest absolute Gasteiger partial charge is 0.465 e. The van der Waals surface area contributed by atoms with Gasteiger partial charge in [-0.15, -0.1) is 12.3 Å². The van der Waals surface area contributed by atoms with Crippen molar-refractivity contribution in [2.45, 2.75) is 26.7 Å². The van der Waals surface area contributed by atoms with Crippen molar-refractivity contribution in [2.75, 3.05) is 13.2 Å². The monoisotopic (exact) mass is 338 g/mol. The standard InChI is InChI=1S/C21H22O4/c1-4-13-21(19(22)24-5-2,20(23)25-6-3)15-16-11-12-17-9-7-8-10-18(17)14-16/h1,7-12,14H,5-6,13,15H2,2-3H3. The molecule has 0 bridgehead atoms. The Morgan fingerprint density at radius 3 is 2.16 bits per heavy atom. The van der Waals surface area contributed by atoms with E-state index in [4.69, 9.17) is 15.9 Å². The maximum atomic E-state index is 12.6. The van der Waals surface area contributed by atoms with Crippen LogP contribution in [0.15, 0.2) is 42.5 Å². The molecule has 0 aliphatic carbocycles. The number of ether oxygens (including phenoxy) is 2. The Labute approximate surface area is 148 Å². The lowest BCUT2D eigenvalue weighted by Crippen LogP contribution is -2.43. The maximum Gasteiger partial charge on any atom is 0.324 e.